The summed E-state index contributed by atoms with van der Waals surface area (Å²) in [5.41, 5.74) is 1.13. The van der Waals surface area contributed by atoms with Crippen molar-refractivity contribution in [3.8, 4) is 5.75 Å². The van der Waals surface area contributed by atoms with Crippen molar-refractivity contribution in [1.82, 2.24) is 4.90 Å². The van der Waals surface area contributed by atoms with Gasteiger partial charge in [0, 0.05) is 13.6 Å². The van der Waals surface area contributed by atoms with Crippen molar-refractivity contribution in [1.29, 1.82) is 0 Å². The summed E-state index contributed by atoms with van der Waals surface area (Å²) in [4.78, 5) is 24.6. The number of aryl methyl sites for hydroxylation is 1. The van der Waals surface area contributed by atoms with Crippen LogP contribution in [0.2, 0.25) is 0 Å². The van der Waals surface area contributed by atoms with Crippen LogP contribution in [0, 0.1) is 12.8 Å². The van der Waals surface area contributed by atoms with E-state index in [0.29, 0.717) is 12.3 Å². The zero-order valence-electron chi connectivity index (χ0n) is 12.4. The molecule has 0 spiro atoms. The molecular formula is C15H21NO4. The first-order valence-corrected chi connectivity index (χ1v) is 6.45. The van der Waals surface area contributed by atoms with Gasteiger partial charge in [-0.1, -0.05) is 24.6 Å². The lowest BCUT2D eigenvalue weighted by molar-refractivity contribution is -0.146. The molecule has 5 heteroatoms. The summed E-state index contributed by atoms with van der Waals surface area (Å²) < 4.78 is 10.0. The van der Waals surface area contributed by atoms with E-state index in [-0.39, 0.29) is 24.4 Å². The molecule has 1 atom stereocenters. The number of hydrogen-bond donors (Lipinski definition) is 0. The van der Waals surface area contributed by atoms with Crippen molar-refractivity contribution < 1.29 is 19.1 Å². The Bertz CT molecular complexity index is 455. The number of ether oxygens (including phenoxy) is 2. The van der Waals surface area contributed by atoms with Crippen LogP contribution in [0.4, 0.5) is 0 Å². The second kappa shape index (κ2) is 7.53. The summed E-state index contributed by atoms with van der Waals surface area (Å²) in [5, 5.41) is 0. The van der Waals surface area contributed by atoms with Crippen LogP contribution < -0.4 is 4.74 Å². The molecule has 1 aromatic rings. The fraction of sp³-hybridized carbons (Fsp3) is 0.467. The monoisotopic (exact) mass is 279 g/mol. The lowest BCUT2D eigenvalue weighted by Gasteiger charge is -2.20. The van der Waals surface area contributed by atoms with Gasteiger partial charge < -0.3 is 14.4 Å². The normalized spacial score (nSPS) is 11.6. The van der Waals surface area contributed by atoms with E-state index in [0.717, 1.165) is 5.56 Å². The van der Waals surface area contributed by atoms with E-state index < -0.39 is 0 Å². The molecule has 0 aliphatic rings. The van der Waals surface area contributed by atoms with Gasteiger partial charge in [0.25, 0.3) is 5.91 Å². The highest BCUT2D eigenvalue weighted by atomic mass is 16.5. The van der Waals surface area contributed by atoms with Crippen LogP contribution in [-0.2, 0) is 14.3 Å². The van der Waals surface area contributed by atoms with E-state index in [9.17, 15) is 9.59 Å². The van der Waals surface area contributed by atoms with Gasteiger partial charge in [-0.2, -0.15) is 0 Å². The van der Waals surface area contributed by atoms with E-state index in [2.05, 4.69) is 4.74 Å². The van der Waals surface area contributed by atoms with Crippen LogP contribution in [0.1, 0.15) is 12.5 Å². The van der Waals surface area contributed by atoms with E-state index in [1.54, 1.807) is 14.0 Å². The number of rotatable bonds is 6. The first kappa shape index (κ1) is 16.0. The lowest BCUT2D eigenvalue weighted by Crippen LogP contribution is -2.36. The summed E-state index contributed by atoms with van der Waals surface area (Å²) in [7, 11) is 2.97. The Labute approximate surface area is 119 Å². The third kappa shape index (κ3) is 4.91. The van der Waals surface area contributed by atoms with Gasteiger partial charge in [-0.25, -0.2) is 0 Å². The molecule has 0 heterocycles. The van der Waals surface area contributed by atoms with Crippen LogP contribution >= 0.6 is 0 Å². The Hall–Kier alpha value is -2.04. The first-order chi connectivity index (χ1) is 9.43. The van der Waals surface area contributed by atoms with Crippen molar-refractivity contribution in [2.24, 2.45) is 5.92 Å². The summed E-state index contributed by atoms with van der Waals surface area (Å²) in [6.07, 6.45) is 0. The fourth-order valence-electron chi connectivity index (χ4n) is 1.68. The first-order valence-electron chi connectivity index (χ1n) is 6.45. The molecule has 1 rings (SSSR count). The average Bonchev–Trinajstić information content (AvgIpc) is 2.45. The summed E-state index contributed by atoms with van der Waals surface area (Å²) >= 11 is 0. The molecule has 1 unspecified atom stereocenters. The molecule has 0 saturated carbocycles. The molecule has 5 nitrogen and oxygen atoms in total. The highest BCUT2D eigenvalue weighted by molar-refractivity contribution is 5.78. The molecule has 0 fully saturated rings. The van der Waals surface area contributed by atoms with Crippen LogP contribution in [0.15, 0.2) is 24.3 Å². The maximum absolute atomic E-state index is 11.9. The molecule has 20 heavy (non-hydrogen) atoms. The van der Waals surface area contributed by atoms with Crippen molar-refractivity contribution >= 4 is 11.9 Å². The third-order valence-corrected chi connectivity index (χ3v) is 2.96. The van der Waals surface area contributed by atoms with E-state index >= 15 is 0 Å². The van der Waals surface area contributed by atoms with Crippen LogP contribution in [-0.4, -0.2) is 44.1 Å². The number of esters is 1. The van der Waals surface area contributed by atoms with Crippen molar-refractivity contribution in [2.75, 3.05) is 27.3 Å². The Balaban J connectivity index is 2.42. The van der Waals surface area contributed by atoms with E-state index in [1.807, 2.05) is 31.2 Å². The van der Waals surface area contributed by atoms with Crippen LogP contribution in [0.25, 0.3) is 0 Å². The van der Waals surface area contributed by atoms with Gasteiger partial charge in [0.2, 0.25) is 0 Å². The van der Waals surface area contributed by atoms with Crippen molar-refractivity contribution in [2.45, 2.75) is 13.8 Å². The van der Waals surface area contributed by atoms with Gasteiger partial charge in [-0.3, -0.25) is 9.59 Å². The SMILES string of the molecule is COC(=O)C(C)CN(C)C(=O)COc1ccc(C)cc1. The van der Waals surface area contributed by atoms with Crippen molar-refractivity contribution in [3.05, 3.63) is 29.8 Å². The fourth-order valence-corrected chi connectivity index (χ4v) is 1.68. The second-order valence-electron chi connectivity index (χ2n) is 4.80. The Kier molecular flexibility index (Phi) is 6.03. The number of amides is 1. The number of nitrogens with zero attached hydrogens (tertiary/aromatic N) is 1. The number of carbonyl (C=O) groups excluding carboxylic acids is 2. The van der Waals surface area contributed by atoms with Gasteiger partial charge in [0.15, 0.2) is 6.61 Å². The molecule has 1 aromatic carbocycles. The maximum atomic E-state index is 11.9. The third-order valence-electron chi connectivity index (χ3n) is 2.96. The van der Waals surface area contributed by atoms with E-state index in [4.69, 9.17) is 4.74 Å². The smallest absolute Gasteiger partial charge is 0.310 e. The topological polar surface area (TPSA) is 55.8 Å². The molecule has 0 aliphatic heterocycles. The van der Waals surface area contributed by atoms with Crippen LogP contribution in [0.3, 0.4) is 0 Å². The molecule has 0 saturated heterocycles. The van der Waals surface area contributed by atoms with Gasteiger partial charge in [0.1, 0.15) is 5.75 Å². The maximum Gasteiger partial charge on any atom is 0.310 e. The average molecular weight is 279 g/mol. The van der Waals surface area contributed by atoms with Crippen molar-refractivity contribution in [3.63, 3.8) is 0 Å². The Morgan fingerprint density at radius 2 is 1.85 bits per heavy atom. The number of methoxy groups -OCH3 is 1. The van der Waals surface area contributed by atoms with Crippen LogP contribution in [0.5, 0.6) is 5.75 Å². The van der Waals surface area contributed by atoms with Gasteiger partial charge >= 0.3 is 5.97 Å². The number of carbonyl (C=O) groups is 2. The highest BCUT2D eigenvalue weighted by Gasteiger charge is 2.18. The Morgan fingerprint density at radius 1 is 1.25 bits per heavy atom. The molecule has 0 aliphatic carbocycles. The molecule has 110 valence electrons. The van der Waals surface area contributed by atoms with E-state index in [1.165, 1.54) is 12.0 Å². The molecule has 0 N–H and O–H groups in total. The second-order valence-corrected chi connectivity index (χ2v) is 4.80. The predicted octanol–water partition coefficient (Wildman–Crippen LogP) is 1.64. The minimum Gasteiger partial charge on any atom is -0.484 e. The zero-order valence-corrected chi connectivity index (χ0v) is 12.4. The van der Waals surface area contributed by atoms with Gasteiger partial charge in [-0.05, 0) is 19.1 Å². The predicted molar refractivity (Wildman–Crippen MR) is 75.5 cm³/mol. The van der Waals surface area contributed by atoms with Gasteiger partial charge in [0.05, 0.1) is 13.0 Å². The molecule has 0 bridgehead atoms. The number of hydrogen-bond acceptors (Lipinski definition) is 4. The highest BCUT2D eigenvalue weighted by Crippen LogP contribution is 2.11. The standard InChI is InChI=1S/C15H21NO4/c1-11-5-7-13(8-6-11)20-10-14(17)16(3)9-12(2)15(18)19-4/h5-8,12H,9-10H2,1-4H3. The zero-order chi connectivity index (χ0) is 15.1. The lowest BCUT2D eigenvalue weighted by atomic mass is 10.2. The molecular weight excluding hydrogens is 258 g/mol. The number of likely N-dealkylation sites (N-methyl/N-ethyl adjacent to an activating group) is 1. The Morgan fingerprint density at radius 3 is 2.40 bits per heavy atom. The summed E-state index contributed by atoms with van der Waals surface area (Å²) in [5.74, 6) is -0.211. The summed E-state index contributed by atoms with van der Waals surface area (Å²) in [6.45, 7) is 3.96. The van der Waals surface area contributed by atoms with Gasteiger partial charge in [-0.15, -0.1) is 0 Å². The quantitative estimate of drug-likeness (QED) is 0.743. The number of benzene rings is 1. The molecule has 0 radical (unpaired) electrons. The summed E-state index contributed by atoms with van der Waals surface area (Å²) in [6, 6.07) is 7.48. The minimum atomic E-state index is -0.353. The minimum absolute atomic E-state index is 0.0482. The molecule has 1 amide bonds. The molecule has 0 aromatic heterocycles. The largest absolute Gasteiger partial charge is 0.484 e.